The monoisotopic (exact) mass is 294 g/mol. The van der Waals surface area contributed by atoms with Crippen molar-refractivity contribution in [3.05, 3.63) is 40.5 Å². The summed E-state index contributed by atoms with van der Waals surface area (Å²) in [5, 5.41) is 37.0. The van der Waals surface area contributed by atoms with Gasteiger partial charge in [0, 0.05) is 10.0 Å². The number of piperazine rings is 1. The lowest BCUT2D eigenvalue weighted by Crippen LogP contribution is -2.71. The van der Waals surface area contributed by atoms with Crippen LogP contribution in [0.1, 0.15) is 0 Å². The predicted molar refractivity (Wildman–Crippen MR) is 49.2 cm³/mol. The molecule has 0 saturated carbocycles. The summed E-state index contributed by atoms with van der Waals surface area (Å²) >= 11 is 0. The van der Waals surface area contributed by atoms with Crippen LogP contribution in [-0.2, 0) is 9.59 Å². The maximum absolute atomic E-state index is 11.2. The second-order valence-corrected chi connectivity index (χ2v) is 3.17. The number of carbonyl (C=O) groups is 2. The van der Waals surface area contributed by atoms with Crippen LogP contribution in [0.15, 0.2) is 0 Å². The van der Waals surface area contributed by atoms with Gasteiger partial charge in [0.25, 0.3) is 0 Å². The minimum absolute atomic E-state index is 0.921. The Hall–Kier alpha value is -3.46. The molecule has 0 radical (unpaired) electrons. The van der Waals surface area contributed by atoms with Crippen molar-refractivity contribution in [1.29, 1.82) is 0 Å². The number of carbonyl (C=O) groups excluding carboxylic acids is 2. The summed E-state index contributed by atoms with van der Waals surface area (Å²) in [6.07, 6.45) is -6.06. The molecular formula is C4H2N6O10. The molecule has 16 nitrogen and oxygen atoms in total. The summed E-state index contributed by atoms with van der Waals surface area (Å²) in [4.78, 5) is 61.5. The van der Waals surface area contributed by atoms with Crippen LogP contribution in [0, 0.1) is 40.5 Å². The summed E-state index contributed by atoms with van der Waals surface area (Å²) in [6, 6.07) is 0. The van der Waals surface area contributed by atoms with E-state index in [4.69, 9.17) is 0 Å². The van der Waals surface area contributed by atoms with Crippen molar-refractivity contribution in [3.63, 3.8) is 0 Å². The lowest BCUT2D eigenvalue weighted by atomic mass is 10.2. The largest absolute Gasteiger partial charge is 0.435 e. The lowest BCUT2D eigenvalue weighted by Gasteiger charge is -2.25. The van der Waals surface area contributed by atoms with Gasteiger partial charge in [-0.1, -0.05) is 0 Å². The topological polar surface area (TPSA) is 213 Å². The van der Waals surface area contributed by atoms with E-state index in [0.29, 0.717) is 0 Å². The molecule has 1 aliphatic rings. The summed E-state index contributed by atoms with van der Waals surface area (Å²) in [5.41, 5.74) is 0. The van der Waals surface area contributed by atoms with Crippen LogP contribution >= 0.6 is 0 Å². The number of hydrogen-bond donors (Lipinski definition) is 0. The van der Waals surface area contributed by atoms with E-state index in [0.717, 1.165) is 0 Å². The average Bonchev–Trinajstić information content (AvgIpc) is 2.29. The number of hydrazine groups is 2. The molecule has 16 heteroatoms. The van der Waals surface area contributed by atoms with Gasteiger partial charge >= 0.3 is 24.1 Å². The zero-order valence-electron chi connectivity index (χ0n) is 8.92. The van der Waals surface area contributed by atoms with Gasteiger partial charge in [0.15, 0.2) is 10.1 Å². The van der Waals surface area contributed by atoms with Crippen LogP contribution in [0.5, 0.6) is 0 Å². The summed E-state index contributed by atoms with van der Waals surface area (Å²) in [5.74, 6) is -4.46. The summed E-state index contributed by atoms with van der Waals surface area (Å²) < 4.78 is 0. The highest BCUT2D eigenvalue weighted by atomic mass is 16.7. The van der Waals surface area contributed by atoms with Crippen molar-refractivity contribution >= 4 is 11.8 Å². The summed E-state index contributed by atoms with van der Waals surface area (Å²) in [6.45, 7) is 0. The number of nitrogens with zero attached hydrogens (tertiary/aromatic N) is 6. The average molecular weight is 294 g/mol. The van der Waals surface area contributed by atoms with Gasteiger partial charge in [-0.2, -0.15) is 0 Å². The Morgan fingerprint density at radius 2 is 0.950 bits per heavy atom. The predicted octanol–water partition coefficient (Wildman–Crippen LogP) is -2.75. The van der Waals surface area contributed by atoms with Crippen LogP contribution in [0.4, 0.5) is 0 Å². The van der Waals surface area contributed by atoms with Gasteiger partial charge in [0.1, 0.15) is 0 Å². The Kier molecular flexibility index (Phi) is 3.40. The van der Waals surface area contributed by atoms with Crippen LogP contribution < -0.4 is 0 Å². The Balaban J connectivity index is 3.52. The van der Waals surface area contributed by atoms with Crippen molar-refractivity contribution in [2.45, 2.75) is 12.3 Å². The minimum Gasteiger partial charge on any atom is -0.262 e. The van der Waals surface area contributed by atoms with Gasteiger partial charge in [-0.05, 0) is 0 Å². The van der Waals surface area contributed by atoms with Crippen LogP contribution in [-0.4, -0.2) is 54.1 Å². The number of amides is 2. The minimum atomic E-state index is -3.03. The van der Waals surface area contributed by atoms with E-state index in [1.54, 1.807) is 0 Å². The van der Waals surface area contributed by atoms with E-state index in [2.05, 4.69) is 0 Å². The van der Waals surface area contributed by atoms with Crippen LogP contribution in [0.2, 0.25) is 0 Å². The maximum atomic E-state index is 11.2. The molecule has 0 aliphatic carbocycles. The van der Waals surface area contributed by atoms with Gasteiger partial charge in [-0.25, -0.2) is 20.2 Å². The molecule has 0 aromatic rings. The molecule has 2 amide bonds. The molecule has 0 aromatic heterocycles. The fraction of sp³-hybridized carbons (Fsp3) is 0.500. The highest BCUT2D eigenvalue weighted by Crippen LogP contribution is 2.20. The Labute approximate surface area is 105 Å². The molecule has 1 aliphatic heterocycles. The molecule has 1 fully saturated rings. The molecule has 1 saturated heterocycles. The van der Waals surface area contributed by atoms with Crippen molar-refractivity contribution in [2.75, 3.05) is 0 Å². The quantitative estimate of drug-likeness (QED) is 0.295. The smallest absolute Gasteiger partial charge is 0.262 e. The molecule has 0 spiro atoms. The molecular weight excluding hydrogens is 292 g/mol. The van der Waals surface area contributed by atoms with E-state index >= 15 is 0 Å². The number of hydrogen-bond acceptors (Lipinski definition) is 10. The fourth-order valence-electron chi connectivity index (χ4n) is 1.43. The molecule has 2 unspecified atom stereocenters. The third-order valence-corrected chi connectivity index (χ3v) is 2.15. The molecule has 2 atom stereocenters. The van der Waals surface area contributed by atoms with Crippen LogP contribution in [0.25, 0.3) is 0 Å². The number of nitro groups is 4. The van der Waals surface area contributed by atoms with E-state index in [-0.39, 0.29) is 0 Å². The third-order valence-electron chi connectivity index (χ3n) is 2.15. The van der Waals surface area contributed by atoms with E-state index in [9.17, 15) is 50.0 Å². The highest BCUT2D eigenvalue weighted by Gasteiger charge is 2.70. The first-order chi connectivity index (χ1) is 9.11. The standard InChI is InChI=1S/C4H2N6O10/c11-3-4(12)6(10(19)20)2(8(15)16)1(7(13)14)5(3)9(17)18/h1-2H. The van der Waals surface area contributed by atoms with E-state index < -0.39 is 54.1 Å². The first-order valence-corrected chi connectivity index (χ1v) is 4.33. The first-order valence-electron chi connectivity index (χ1n) is 4.33. The second-order valence-electron chi connectivity index (χ2n) is 3.17. The molecule has 108 valence electrons. The molecule has 1 heterocycles. The summed E-state index contributed by atoms with van der Waals surface area (Å²) in [7, 11) is 0. The van der Waals surface area contributed by atoms with Crippen molar-refractivity contribution in [3.8, 4) is 0 Å². The zero-order valence-corrected chi connectivity index (χ0v) is 8.92. The first kappa shape index (κ1) is 14.6. The lowest BCUT2D eigenvalue weighted by molar-refractivity contribution is -0.788. The molecule has 20 heavy (non-hydrogen) atoms. The maximum Gasteiger partial charge on any atom is 0.435 e. The van der Waals surface area contributed by atoms with Gasteiger partial charge in [-0.15, -0.1) is 0 Å². The van der Waals surface area contributed by atoms with Gasteiger partial charge < -0.3 is 0 Å². The third kappa shape index (κ3) is 2.00. The molecule has 0 aromatic carbocycles. The van der Waals surface area contributed by atoms with E-state index in [1.807, 2.05) is 0 Å². The van der Waals surface area contributed by atoms with Gasteiger partial charge in [-0.3, -0.25) is 29.8 Å². The fourth-order valence-corrected chi connectivity index (χ4v) is 1.43. The Morgan fingerprint density at radius 3 is 1.10 bits per heavy atom. The normalized spacial score (nSPS) is 22.6. The number of rotatable bonds is 4. The van der Waals surface area contributed by atoms with Gasteiger partial charge in [0.05, 0.1) is 9.85 Å². The van der Waals surface area contributed by atoms with Crippen molar-refractivity contribution < 1.29 is 29.5 Å². The molecule has 0 bridgehead atoms. The zero-order chi connectivity index (χ0) is 15.8. The van der Waals surface area contributed by atoms with Crippen molar-refractivity contribution in [1.82, 2.24) is 10.0 Å². The Morgan fingerprint density at radius 1 is 0.700 bits per heavy atom. The Bertz CT molecular complexity index is 494. The second kappa shape index (κ2) is 4.66. The van der Waals surface area contributed by atoms with Crippen molar-refractivity contribution in [2.24, 2.45) is 0 Å². The molecule has 0 N–H and O–H groups in total. The van der Waals surface area contributed by atoms with Gasteiger partial charge in [0.2, 0.25) is 0 Å². The highest BCUT2D eigenvalue weighted by molar-refractivity contribution is 6.34. The van der Waals surface area contributed by atoms with Crippen LogP contribution in [0.3, 0.4) is 0 Å². The van der Waals surface area contributed by atoms with E-state index in [1.165, 1.54) is 0 Å². The molecule has 1 rings (SSSR count). The SMILES string of the molecule is O=C1C(=O)N([N+](=O)[O-])C([N+](=O)[O-])C([N+](=O)[O-])N1[N+](=O)[O-].